The van der Waals surface area contributed by atoms with Gasteiger partial charge in [0.25, 0.3) is 11.1 Å². The van der Waals surface area contributed by atoms with Crippen LogP contribution in [0.4, 0.5) is 5.69 Å². The summed E-state index contributed by atoms with van der Waals surface area (Å²) in [5.74, 6) is 1.55. The van der Waals surface area contributed by atoms with Gasteiger partial charge in [0.2, 0.25) is 5.91 Å². The molecule has 0 saturated carbocycles. The minimum absolute atomic E-state index is 0.175. The minimum atomic E-state index is -0.436. The number of rotatable bonds is 5. The fourth-order valence-electron chi connectivity index (χ4n) is 3.42. The molecule has 1 atom stereocenters. The first-order valence-corrected chi connectivity index (χ1v) is 10.7. The molecule has 4 aromatic rings. The lowest BCUT2D eigenvalue weighted by atomic mass is 10.2. The Hall–Kier alpha value is -3.46. The quantitative estimate of drug-likeness (QED) is 0.471. The lowest BCUT2D eigenvalue weighted by Crippen LogP contribution is -2.22. The van der Waals surface area contributed by atoms with Gasteiger partial charge in [-0.25, -0.2) is 0 Å². The molecule has 5 rings (SSSR count). The van der Waals surface area contributed by atoms with Crippen molar-refractivity contribution in [2.45, 2.75) is 17.4 Å². The highest BCUT2D eigenvalue weighted by molar-refractivity contribution is 8.00. The number of carbonyl (C=O) groups excluding carboxylic acids is 1. The van der Waals surface area contributed by atoms with Crippen LogP contribution in [0.15, 0.2) is 58.2 Å². The van der Waals surface area contributed by atoms with Gasteiger partial charge in [0, 0.05) is 29.7 Å². The van der Waals surface area contributed by atoms with Crippen LogP contribution in [0.5, 0.6) is 11.5 Å². The second-order valence-corrected chi connectivity index (χ2v) is 8.42. The summed E-state index contributed by atoms with van der Waals surface area (Å²) in [5.41, 5.74) is 2.55. The molecule has 31 heavy (non-hydrogen) atoms. The van der Waals surface area contributed by atoms with E-state index < -0.39 is 5.25 Å². The van der Waals surface area contributed by atoms with Gasteiger partial charge in [0.15, 0.2) is 11.5 Å². The highest BCUT2D eigenvalue weighted by Gasteiger charge is 2.21. The molecule has 8 nitrogen and oxygen atoms in total. The Balaban J connectivity index is 1.27. The number of para-hydroxylation sites is 1. The maximum absolute atomic E-state index is 12.6. The number of ether oxygens (including phenoxy) is 2. The van der Waals surface area contributed by atoms with Crippen LogP contribution < -0.4 is 14.8 Å². The zero-order chi connectivity index (χ0) is 21.4. The zero-order valence-corrected chi connectivity index (χ0v) is 17.8. The summed E-state index contributed by atoms with van der Waals surface area (Å²) in [7, 11) is 1.96. The number of anilines is 1. The van der Waals surface area contributed by atoms with Crippen molar-refractivity contribution in [1.29, 1.82) is 0 Å². The molecule has 1 aliphatic rings. The van der Waals surface area contributed by atoms with Crippen molar-refractivity contribution in [3.63, 3.8) is 0 Å². The number of fused-ring (bicyclic) bond motifs is 2. The van der Waals surface area contributed by atoms with E-state index in [1.165, 1.54) is 11.8 Å². The minimum Gasteiger partial charge on any atom is -0.486 e. The molecular formula is C22H20N4O4S. The van der Waals surface area contributed by atoms with Gasteiger partial charge in [-0.15, -0.1) is 10.2 Å². The number of carbonyl (C=O) groups is 1. The van der Waals surface area contributed by atoms with E-state index in [0.717, 1.165) is 16.6 Å². The summed E-state index contributed by atoms with van der Waals surface area (Å²) in [6.07, 6.45) is 0. The summed E-state index contributed by atoms with van der Waals surface area (Å²) in [6.45, 7) is 2.81. The van der Waals surface area contributed by atoms with Crippen LogP contribution in [0.3, 0.4) is 0 Å². The molecule has 1 amide bonds. The lowest BCUT2D eigenvalue weighted by molar-refractivity contribution is -0.115. The number of hydrogen-bond acceptors (Lipinski definition) is 7. The first-order valence-electron chi connectivity index (χ1n) is 9.84. The zero-order valence-electron chi connectivity index (χ0n) is 17.0. The Morgan fingerprint density at radius 1 is 1.10 bits per heavy atom. The number of nitrogens with one attached hydrogen (secondary N) is 1. The van der Waals surface area contributed by atoms with E-state index in [1.54, 1.807) is 25.1 Å². The Labute approximate surface area is 182 Å². The number of aromatic nitrogens is 3. The topological polar surface area (TPSA) is 91.4 Å². The van der Waals surface area contributed by atoms with Crippen molar-refractivity contribution in [2.24, 2.45) is 7.05 Å². The summed E-state index contributed by atoms with van der Waals surface area (Å²) in [6, 6.07) is 15.4. The number of amides is 1. The maximum Gasteiger partial charge on any atom is 0.277 e. The third-order valence-corrected chi connectivity index (χ3v) is 5.97. The molecule has 9 heteroatoms. The number of hydrogen-bond donors (Lipinski definition) is 1. The van der Waals surface area contributed by atoms with Gasteiger partial charge in [0.1, 0.15) is 18.9 Å². The molecule has 0 fully saturated rings. The smallest absolute Gasteiger partial charge is 0.277 e. The van der Waals surface area contributed by atoms with Crippen LogP contribution in [0.1, 0.15) is 6.92 Å². The highest BCUT2D eigenvalue weighted by Crippen LogP contribution is 2.33. The molecule has 1 unspecified atom stereocenters. The molecule has 0 spiro atoms. The van der Waals surface area contributed by atoms with Crippen molar-refractivity contribution >= 4 is 34.3 Å². The fourth-order valence-corrected chi connectivity index (χ4v) is 4.11. The van der Waals surface area contributed by atoms with Crippen LogP contribution >= 0.6 is 11.8 Å². The monoisotopic (exact) mass is 436 g/mol. The summed E-state index contributed by atoms with van der Waals surface area (Å²) in [4.78, 5) is 12.6. The van der Waals surface area contributed by atoms with Gasteiger partial charge < -0.3 is 23.8 Å². The second kappa shape index (κ2) is 7.99. The Morgan fingerprint density at radius 2 is 1.90 bits per heavy atom. The first kappa shape index (κ1) is 19.5. The van der Waals surface area contributed by atoms with Crippen LogP contribution in [0.2, 0.25) is 0 Å². The summed E-state index contributed by atoms with van der Waals surface area (Å²) in [5, 5.41) is 12.2. The number of aryl methyl sites for hydroxylation is 1. The number of benzene rings is 2. The maximum atomic E-state index is 12.6. The van der Waals surface area contributed by atoms with E-state index in [2.05, 4.69) is 15.5 Å². The molecule has 1 aliphatic heterocycles. The highest BCUT2D eigenvalue weighted by atomic mass is 32.2. The molecule has 0 bridgehead atoms. The molecule has 1 N–H and O–H groups in total. The van der Waals surface area contributed by atoms with Crippen molar-refractivity contribution in [2.75, 3.05) is 18.5 Å². The third kappa shape index (κ3) is 3.84. The van der Waals surface area contributed by atoms with Crippen molar-refractivity contribution in [1.82, 2.24) is 14.8 Å². The standard InChI is InChI=1S/C22H20N4O4S/c1-13(20(27)23-15-7-8-18-19(12-15)29-10-9-28-18)31-22-25-24-21(30-22)17-11-14-5-3-4-6-16(14)26(17)2/h3-8,11-13H,9-10H2,1-2H3,(H,23,27). The van der Waals surface area contributed by atoms with Crippen LogP contribution in [0, 0.1) is 0 Å². The van der Waals surface area contributed by atoms with Gasteiger partial charge in [-0.05, 0) is 31.2 Å². The fraction of sp³-hybridized carbons (Fsp3) is 0.227. The largest absolute Gasteiger partial charge is 0.486 e. The summed E-state index contributed by atoms with van der Waals surface area (Å²) >= 11 is 1.21. The number of thioether (sulfide) groups is 1. The Kier molecular flexibility index (Phi) is 5.03. The van der Waals surface area contributed by atoms with Crippen molar-refractivity contribution in [3.8, 4) is 23.1 Å². The lowest BCUT2D eigenvalue weighted by Gasteiger charge is -2.19. The second-order valence-electron chi connectivity index (χ2n) is 7.13. The normalized spacial score (nSPS) is 13.9. The molecule has 2 aromatic heterocycles. The average Bonchev–Trinajstić information content (AvgIpc) is 3.38. The predicted octanol–water partition coefficient (Wildman–Crippen LogP) is 4.12. The van der Waals surface area contributed by atoms with Crippen LogP contribution in [-0.4, -0.2) is 39.1 Å². The van der Waals surface area contributed by atoms with Gasteiger partial charge in [-0.2, -0.15) is 0 Å². The van der Waals surface area contributed by atoms with Crippen molar-refractivity contribution < 1.29 is 18.7 Å². The van der Waals surface area contributed by atoms with Crippen molar-refractivity contribution in [3.05, 3.63) is 48.5 Å². The van der Waals surface area contributed by atoms with E-state index in [-0.39, 0.29) is 5.91 Å². The van der Waals surface area contributed by atoms with E-state index in [1.807, 2.05) is 41.9 Å². The Bertz CT molecular complexity index is 1270. The Morgan fingerprint density at radius 3 is 2.74 bits per heavy atom. The van der Waals surface area contributed by atoms with E-state index in [0.29, 0.717) is 41.5 Å². The SMILES string of the molecule is CC(Sc1nnc(-c2cc3ccccc3n2C)o1)C(=O)Nc1ccc2c(c1)OCCO2. The van der Waals surface area contributed by atoms with Gasteiger partial charge in [0.05, 0.1) is 5.25 Å². The van der Waals surface area contributed by atoms with E-state index in [4.69, 9.17) is 13.9 Å². The van der Waals surface area contributed by atoms with Gasteiger partial charge in [-0.1, -0.05) is 30.0 Å². The molecule has 3 heterocycles. The molecular weight excluding hydrogens is 416 g/mol. The van der Waals surface area contributed by atoms with Gasteiger partial charge in [-0.3, -0.25) is 4.79 Å². The van der Waals surface area contributed by atoms with Gasteiger partial charge >= 0.3 is 0 Å². The molecule has 158 valence electrons. The van der Waals surface area contributed by atoms with E-state index in [9.17, 15) is 4.79 Å². The molecule has 0 aliphatic carbocycles. The third-order valence-electron chi connectivity index (χ3n) is 5.03. The number of nitrogens with zero attached hydrogens (tertiary/aromatic N) is 3. The molecule has 0 saturated heterocycles. The first-order chi connectivity index (χ1) is 15.1. The van der Waals surface area contributed by atoms with Crippen LogP contribution in [0.25, 0.3) is 22.5 Å². The summed E-state index contributed by atoms with van der Waals surface area (Å²) < 4.78 is 18.9. The van der Waals surface area contributed by atoms with Crippen LogP contribution in [-0.2, 0) is 11.8 Å². The van der Waals surface area contributed by atoms with E-state index >= 15 is 0 Å². The molecule has 0 radical (unpaired) electrons. The predicted molar refractivity (Wildman–Crippen MR) is 118 cm³/mol. The average molecular weight is 436 g/mol. The molecule has 2 aromatic carbocycles.